The Morgan fingerprint density at radius 2 is 1.00 bits per heavy atom. The van der Waals surface area contributed by atoms with Gasteiger partial charge in [-0.3, -0.25) is 0 Å². The van der Waals surface area contributed by atoms with E-state index in [0.29, 0.717) is 39.6 Å². The van der Waals surface area contributed by atoms with E-state index in [1.54, 1.807) is 0 Å². The van der Waals surface area contributed by atoms with E-state index < -0.39 is 0 Å². The summed E-state index contributed by atoms with van der Waals surface area (Å²) in [5.41, 5.74) is 0. The molecular weight excluding hydrogens is 324 g/mol. The van der Waals surface area contributed by atoms with Crippen molar-refractivity contribution >= 4 is 15.9 Å². The minimum absolute atomic E-state index is 0.620. The van der Waals surface area contributed by atoms with Gasteiger partial charge in [-0.1, -0.05) is 48.5 Å². The second-order valence-corrected chi connectivity index (χ2v) is 5.35. The summed E-state index contributed by atoms with van der Waals surface area (Å²) in [5, 5.41) is 0.870. The predicted molar refractivity (Wildman–Crippen MR) is 85.8 cm³/mol. The zero-order valence-corrected chi connectivity index (χ0v) is 14.5. The molecule has 0 aliphatic rings. The Balaban J connectivity index is 2.89. The van der Waals surface area contributed by atoms with Gasteiger partial charge in [-0.25, -0.2) is 0 Å². The molecule has 0 saturated carbocycles. The highest BCUT2D eigenvalue weighted by atomic mass is 79.9. The van der Waals surface area contributed by atoms with Crippen molar-refractivity contribution in [1.82, 2.24) is 0 Å². The molecule has 0 bridgehead atoms. The van der Waals surface area contributed by atoms with E-state index in [0.717, 1.165) is 25.0 Å². The monoisotopic (exact) mass is 354 g/mol. The summed E-state index contributed by atoms with van der Waals surface area (Å²) in [7, 11) is 0. The molecule has 0 radical (unpaired) electrons. The highest BCUT2D eigenvalue weighted by Crippen LogP contribution is 2.02. The molecule has 0 N–H and O–H groups in total. The van der Waals surface area contributed by atoms with Crippen LogP contribution in [0.15, 0.2) is 0 Å². The Labute approximate surface area is 132 Å². The fourth-order valence-electron chi connectivity index (χ4n) is 1.62. The molecule has 0 unspecified atom stereocenters. The second kappa shape index (κ2) is 19.3. The Morgan fingerprint density at radius 3 is 1.50 bits per heavy atom. The number of alkyl halides is 1. The highest BCUT2D eigenvalue weighted by Gasteiger charge is 1.93. The molecule has 5 heteroatoms. The van der Waals surface area contributed by atoms with Crippen molar-refractivity contribution < 1.29 is 18.9 Å². The molecule has 122 valence electrons. The van der Waals surface area contributed by atoms with Gasteiger partial charge in [0, 0.05) is 11.9 Å². The molecule has 0 amide bonds. The first-order valence-corrected chi connectivity index (χ1v) is 8.91. The molecule has 0 aliphatic carbocycles. The number of hydrogen-bond donors (Lipinski definition) is 0. The maximum absolute atomic E-state index is 5.50. The van der Waals surface area contributed by atoms with Crippen molar-refractivity contribution in [1.29, 1.82) is 0 Å². The molecule has 0 heterocycles. The van der Waals surface area contributed by atoms with E-state index in [-0.39, 0.29) is 0 Å². The van der Waals surface area contributed by atoms with E-state index in [4.69, 9.17) is 18.9 Å². The van der Waals surface area contributed by atoms with Crippen molar-refractivity contribution in [3.8, 4) is 0 Å². The van der Waals surface area contributed by atoms with Crippen LogP contribution in [0.3, 0.4) is 0 Å². The third-order valence-electron chi connectivity index (χ3n) is 2.73. The Morgan fingerprint density at radius 1 is 0.550 bits per heavy atom. The molecule has 0 atom stereocenters. The quantitative estimate of drug-likeness (QED) is 0.296. The average Bonchev–Trinajstić information content (AvgIpc) is 2.47. The maximum Gasteiger partial charge on any atom is 0.0701 e. The lowest BCUT2D eigenvalue weighted by Gasteiger charge is -2.07. The van der Waals surface area contributed by atoms with Crippen molar-refractivity contribution in [2.75, 3.05) is 58.2 Å². The number of ether oxygens (including phenoxy) is 4. The summed E-state index contributed by atoms with van der Waals surface area (Å²) in [4.78, 5) is 0. The van der Waals surface area contributed by atoms with Gasteiger partial charge >= 0.3 is 0 Å². The normalized spacial score (nSPS) is 11.1. The number of halogens is 1. The van der Waals surface area contributed by atoms with Gasteiger partial charge in [0.05, 0.1) is 46.2 Å². The van der Waals surface area contributed by atoms with Crippen LogP contribution < -0.4 is 0 Å². The van der Waals surface area contributed by atoms with Gasteiger partial charge in [-0.15, -0.1) is 0 Å². The maximum atomic E-state index is 5.50. The van der Waals surface area contributed by atoms with Crippen LogP contribution in [-0.2, 0) is 18.9 Å². The molecule has 0 spiro atoms. The van der Waals surface area contributed by atoms with Crippen molar-refractivity contribution in [2.45, 2.75) is 39.0 Å². The van der Waals surface area contributed by atoms with E-state index in [9.17, 15) is 0 Å². The molecule has 0 aromatic carbocycles. The fraction of sp³-hybridized carbons (Fsp3) is 1.00. The van der Waals surface area contributed by atoms with Crippen molar-refractivity contribution in [3.05, 3.63) is 0 Å². The predicted octanol–water partition coefficient (Wildman–Crippen LogP) is 3.42. The van der Waals surface area contributed by atoms with Crippen LogP contribution in [0.1, 0.15) is 39.0 Å². The second-order valence-electron chi connectivity index (χ2n) is 4.55. The first-order chi connectivity index (χ1) is 9.91. The third-order valence-corrected chi connectivity index (χ3v) is 3.05. The third kappa shape index (κ3) is 18.3. The highest BCUT2D eigenvalue weighted by molar-refractivity contribution is 9.09. The molecule has 0 aromatic heterocycles. The van der Waals surface area contributed by atoms with Crippen molar-refractivity contribution in [3.63, 3.8) is 0 Å². The topological polar surface area (TPSA) is 36.9 Å². The van der Waals surface area contributed by atoms with Gasteiger partial charge in [-0.05, 0) is 6.42 Å². The van der Waals surface area contributed by atoms with Gasteiger partial charge in [0.1, 0.15) is 0 Å². The van der Waals surface area contributed by atoms with Crippen LogP contribution in [0.25, 0.3) is 0 Å². The zero-order chi connectivity index (χ0) is 14.7. The Hall–Kier alpha value is 0.320. The molecule has 0 saturated heterocycles. The minimum Gasteiger partial charge on any atom is -0.379 e. The average molecular weight is 355 g/mol. The molecule has 0 rings (SSSR count). The Bertz CT molecular complexity index is 152. The number of rotatable bonds is 17. The zero-order valence-electron chi connectivity index (χ0n) is 12.9. The summed E-state index contributed by atoms with van der Waals surface area (Å²) < 4.78 is 21.5. The van der Waals surface area contributed by atoms with Gasteiger partial charge < -0.3 is 18.9 Å². The van der Waals surface area contributed by atoms with Gasteiger partial charge in [0.25, 0.3) is 0 Å². The molecular formula is C15H31BrO4. The van der Waals surface area contributed by atoms with Crippen molar-refractivity contribution in [2.24, 2.45) is 0 Å². The van der Waals surface area contributed by atoms with Crippen LogP contribution in [0.5, 0.6) is 0 Å². The lowest BCUT2D eigenvalue weighted by Crippen LogP contribution is -2.12. The first-order valence-electron chi connectivity index (χ1n) is 7.78. The molecule has 0 fully saturated rings. The number of unbranched alkanes of at least 4 members (excludes halogenated alkanes) is 4. The summed E-state index contributed by atoms with van der Waals surface area (Å²) in [6.45, 7) is 7.67. The largest absolute Gasteiger partial charge is 0.379 e. The van der Waals surface area contributed by atoms with E-state index >= 15 is 0 Å². The van der Waals surface area contributed by atoms with E-state index in [2.05, 4.69) is 22.9 Å². The molecule has 20 heavy (non-hydrogen) atoms. The minimum atomic E-state index is 0.620. The van der Waals surface area contributed by atoms with Crippen LogP contribution in [0, 0.1) is 0 Å². The van der Waals surface area contributed by atoms with Crippen LogP contribution in [0.2, 0.25) is 0 Å². The summed E-state index contributed by atoms with van der Waals surface area (Å²) in [6.07, 6.45) is 6.40. The lowest BCUT2D eigenvalue weighted by molar-refractivity contribution is -0.000536. The number of hydrogen-bond acceptors (Lipinski definition) is 4. The summed E-state index contributed by atoms with van der Waals surface area (Å²) in [5.74, 6) is 0. The molecule has 0 aromatic rings. The fourth-order valence-corrected chi connectivity index (χ4v) is 1.85. The van der Waals surface area contributed by atoms with E-state index in [1.807, 2.05) is 0 Å². The Kier molecular flexibility index (Phi) is 19.6. The standard InChI is InChI=1S/C15H31BrO4/c1-2-3-4-5-6-8-17-10-12-19-14-15-20-13-11-18-9-7-16/h2-15H2,1H3. The van der Waals surface area contributed by atoms with Crippen LogP contribution in [-0.4, -0.2) is 58.2 Å². The smallest absolute Gasteiger partial charge is 0.0701 e. The van der Waals surface area contributed by atoms with Gasteiger partial charge in [-0.2, -0.15) is 0 Å². The first kappa shape index (κ1) is 20.3. The summed E-state index contributed by atoms with van der Waals surface area (Å²) in [6, 6.07) is 0. The van der Waals surface area contributed by atoms with E-state index in [1.165, 1.54) is 25.7 Å². The summed E-state index contributed by atoms with van der Waals surface area (Å²) >= 11 is 3.30. The molecule has 4 nitrogen and oxygen atoms in total. The molecule has 0 aliphatic heterocycles. The van der Waals surface area contributed by atoms with Gasteiger partial charge in [0.2, 0.25) is 0 Å². The van der Waals surface area contributed by atoms with Crippen LogP contribution in [0.4, 0.5) is 0 Å². The SMILES string of the molecule is CCCCCCCOCCOCCOCCOCCBr. The lowest BCUT2D eigenvalue weighted by atomic mass is 10.2. The van der Waals surface area contributed by atoms with Gasteiger partial charge in [0.15, 0.2) is 0 Å². The van der Waals surface area contributed by atoms with Crippen LogP contribution >= 0.6 is 15.9 Å².